The van der Waals surface area contributed by atoms with Crippen LogP contribution in [0.4, 0.5) is 4.39 Å². The van der Waals surface area contributed by atoms with Gasteiger partial charge in [-0.15, -0.1) is 0 Å². The van der Waals surface area contributed by atoms with Crippen LogP contribution in [0.15, 0.2) is 48.5 Å². The fourth-order valence-electron chi connectivity index (χ4n) is 2.36. The Morgan fingerprint density at radius 2 is 1.81 bits per heavy atom. The number of benzene rings is 2. The predicted molar refractivity (Wildman–Crippen MR) is 82.8 cm³/mol. The summed E-state index contributed by atoms with van der Waals surface area (Å²) in [6.07, 6.45) is 1.83. The molecule has 0 amide bonds. The van der Waals surface area contributed by atoms with Crippen molar-refractivity contribution in [3.63, 3.8) is 0 Å². The number of imidazole rings is 1. The maximum Gasteiger partial charge on any atom is 0.125 e. The summed E-state index contributed by atoms with van der Waals surface area (Å²) in [6.45, 7) is 1.80. The van der Waals surface area contributed by atoms with Crippen LogP contribution in [0.3, 0.4) is 0 Å². The number of aromatic amines is 1. The molecule has 0 unspecified atom stereocenters. The van der Waals surface area contributed by atoms with Crippen LogP contribution < -0.4 is 5.32 Å². The summed E-state index contributed by atoms with van der Waals surface area (Å²) in [5.74, 6) is 0.654. The minimum absolute atomic E-state index is 0.237. The third kappa shape index (κ3) is 3.67. The average molecular weight is 283 g/mol. The summed E-state index contributed by atoms with van der Waals surface area (Å²) in [5, 5.41) is 3.40. The first kappa shape index (κ1) is 13.8. The number of nitrogens with zero attached hydrogens (tertiary/aromatic N) is 1. The molecule has 4 heteroatoms. The largest absolute Gasteiger partial charge is 0.342 e. The van der Waals surface area contributed by atoms with Crippen molar-refractivity contribution < 1.29 is 4.39 Å². The lowest BCUT2D eigenvalue weighted by Crippen LogP contribution is -2.20. The Morgan fingerprint density at radius 1 is 1.00 bits per heavy atom. The van der Waals surface area contributed by atoms with E-state index in [4.69, 9.17) is 0 Å². The normalized spacial score (nSPS) is 11.1. The van der Waals surface area contributed by atoms with E-state index < -0.39 is 0 Å². The zero-order chi connectivity index (χ0) is 14.5. The van der Waals surface area contributed by atoms with Crippen molar-refractivity contribution in [2.45, 2.75) is 12.8 Å². The van der Waals surface area contributed by atoms with Crippen molar-refractivity contribution in [1.29, 1.82) is 0 Å². The summed E-state index contributed by atoms with van der Waals surface area (Å²) < 4.78 is 13.1. The van der Waals surface area contributed by atoms with Crippen molar-refractivity contribution in [2.24, 2.45) is 0 Å². The highest BCUT2D eigenvalue weighted by molar-refractivity contribution is 5.74. The molecule has 21 heavy (non-hydrogen) atoms. The quantitative estimate of drug-likeness (QED) is 0.683. The van der Waals surface area contributed by atoms with Crippen LogP contribution in [0, 0.1) is 5.82 Å². The second-order valence-electron chi connectivity index (χ2n) is 5.08. The molecule has 0 atom stereocenters. The van der Waals surface area contributed by atoms with Crippen LogP contribution in [-0.4, -0.2) is 23.1 Å². The third-order valence-electron chi connectivity index (χ3n) is 3.46. The van der Waals surface area contributed by atoms with Gasteiger partial charge in [-0.25, -0.2) is 9.37 Å². The minimum atomic E-state index is -0.237. The topological polar surface area (TPSA) is 40.7 Å². The van der Waals surface area contributed by atoms with Gasteiger partial charge in [0.05, 0.1) is 11.0 Å². The Hall–Kier alpha value is -2.20. The van der Waals surface area contributed by atoms with E-state index in [9.17, 15) is 4.39 Å². The van der Waals surface area contributed by atoms with Gasteiger partial charge in [0.25, 0.3) is 0 Å². The smallest absolute Gasteiger partial charge is 0.125 e. The molecule has 0 fully saturated rings. The van der Waals surface area contributed by atoms with Crippen LogP contribution in [-0.2, 0) is 12.8 Å². The van der Waals surface area contributed by atoms with E-state index in [-0.39, 0.29) is 5.82 Å². The lowest BCUT2D eigenvalue weighted by atomic mass is 10.1. The van der Waals surface area contributed by atoms with Crippen LogP contribution in [0.5, 0.6) is 0 Å². The van der Waals surface area contributed by atoms with Crippen molar-refractivity contribution in [3.05, 3.63) is 65.7 Å². The molecule has 0 aliphatic heterocycles. The molecule has 0 spiro atoms. The molecular weight excluding hydrogens is 265 g/mol. The van der Waals surface area contributed by atoms with Gasteiger partial charge in [-0.1, -0.05) is 30.3 Å². The Labute approximate surface area is 123 Å². The zero-order valence-electron chi connectivity index (χ0n) is 11.8. The van der Waals surface area contributed by atoms with Crippen LogP contribution in [0.1, 0.15) is 11.4 Å². The van der Waals surface area contributed by atoms with Crippen molar-refractivity contribution in [1.82, 2.24) is 15.3 Å². The fourth-order valence-corrected chi connectivity index (χ4v) is 2.36. The molecule has 0 bridgehead atoms. The summed E-state index contributed by atoms with van der Waals surface area (Å²) in [5.41, 5.74) is 2.91. The number of hydrogen-bond donors (Lipinski definition) is 2. The van der Waals surface area contributed by atoms with Gasteiger partial charge in [0.2, 0.25) is 0 Å². The zero-order valence-corrected chi connectivity index (χ0v) is 11.8. The first-order valence-corrected chi connectivity index (χ1v) is 7.20. The summed E-state index contributed by atoms with van der Waals surface area (Å²) in [6, 6.07) is 15.0. The van der Waals surface area contributed by atoms with E-state index in [0.29, 0.717) is 0 Å². The van der Waals surface area contributed by atoms with Gasteiger partial charge in [0, 0.05) is 13.0 Å². The fraction of sp³-hybridized carbons (Fsp3) is 0.235. The maximum atomic E-state index is 13.1. The van der Waals surface area contributed by atoms with Crippen molar-refractivity contribution in [3.8, 4) is 0 Å². The molecule has 2 N–H and O–H groups in total. The molecule has 0 saturated carbocycles. The number of nitrogens with one attached hydrogen (secondary N) is 2. The van der Waals surface area contributed by atoms with Gasteiger partial charge < -0.3 is 10.3 Å². The van der Waals surface area contributed by atoms with Crippen LogP contribution >= 0.6 is 0 Å². The molecule has 108 valence electrons. The second kappa shape index (κ2) is 6.50. The van der Waals surface area contributed by atoms with E-state index in [1.165, 1.54) is 17.7 Å². The first-order chi connectivity index (χ1) is 10.3. The minimum Gasteiger partial charge on any atom is -0.342 e. The SMILES string of the molecule is Fc1ccc2nc(CCNCCc3ccccc3)[nH]c2c1. The monoisotopic (exact) mass is 283 g/mol. The van der Waals surface area contributed by atoms with E-state index in [1.54, 1.807) is 6.07 Å². The molecule has 3 rings (SSSR count). The van der Waals surface area contributed by atoms with Gasteiger partial charge in [-0.2, -0.15) is 0 Å². The molecule has 0 aliphatic rings. The van der Waals surface area contributed by atoms with Crippen LogP contribution in [0.2, 0.25) is 0 Å². The standard InChI is InChI=1S/C17H18FN3/c18-14-6-7-15-16(12-14)21-17(20-15)9-11-19-10-8-13-4-2-1-3-5-13/h1-7,12,19H,8-11H2,(H,20,21). The molecular formula is C17H18FN3. The summed E-state index contributed by atoms with van der Waals surface area (Å²) in [4.78, 5) is 7.60. The van der Waals surface area contributed by atoms with Crippen molar-refractivity contribution >= 4 is 11.0 Å². The van der Waals surface area contributed by atoms with Gasteiger partial charge >= 0.3 is 0 Å². The van der Waals surface area contributed by atoms with Crippen LogP contribution in [0.25, 0.3) is 11.0 Å². The Bertz CT molecular complexity index is 706. The molecule has 1 aromatic heterocycles. The highest BCUT2D eigenvalue weighted by Crippen LogP contribution is 2.12. The number of hydrogen-bond acceptors (Lipinski definition) is 2. The Kier molecular flexibility index (Phi) is 4.26. The molecule has 1 heterocycles. The molecule has 3 aromatic rings. The van der Waals surface area contributed by atoms with E-state index >= 15 is 0 Å². The Balaban J connectivity index is 1.46. The lowest BCUT2D eigenvalue weighted by Gasteiger charge is -2.03. The first-order valence-electron chi connectivity index (χ1n) is 7.20. The molecule has 0 radical (unpaired) electrons. The van der Waals surface area contributed by atoms with Gasteiger partial charge in [0.15, 0.2) is 0 Å². The Morgan fingerprint density at radius 3 is 2.67 bits per heavy atom. The number of aromatic nitrogens is 2. The highest BCUT2D eigenvalue weighted by Gasteiger charge is 2.03. The van der Waals surface area contributed by atoms with Gasteiger partial charge in [0.1, 0.15) is 11.6 Å². The number of H-pyrrole nitrogens is 1. The third-order valence-corrected chi connectivity index (χ3v) is 3.46. The lowest BCUT2D eigenvalue weighted by molar-refractivity contribution is 0.629. The second-order valence-corrected chi connectivity index (χ2v) is 5.08. The number of rotatable bonds is 6. The van der Waals surface area contributed by atoms with E-state index in [2.05, 4.69) is 39.6 Å². The molecule has 3 nitrogen and oxygen atoms in total. The van der Waals surface area contributed by atoms with E-state index in [1.807, 2.05) is 6.07 Å². The number of halogens is 1. The highest BCUT2D eigenvalue weighted by atomic mass is 19.1. The van der Waals surface area contributed by atoms with Crippen molar-refractivity contribution in [2.75, 3.05) is 13.1 Å². The van der Waals surface area contributed by atoms with Gasteiger partial charge in [-0.3, -0.25) is 0 Å². The number of fused-ring (bicyclic) bond motifs is 1. The molecule has 0 aliphatic carbocycles. The molecule has 0 saturated heterocycles. The van der Waals surface area contributed by atoms with Gasteiger partial charge in [-0.05, 0) is 36.7 Å². The van der Waals surface area contributed by atoms with E-state index in [0.717, 1.165) is 42.8 Å². The summed E-state index contributed by atoms with van der Waals surface area (Å²) in [7, 11) is 0. The predicted octanol–water partition coefficient (Wildman–Crippen LogP) is 3.08. The molecule has 2 aromatic carbocycles. The average Bonchev–Trinajstić information content (AvgIpc) is 2.90. The maximum absolute atomic E-state index is 13.1. The summed E-state index contributed by atoms with van der Waals surface area (Å²) >= 11 is 0.